The average Bonchev–Trinajstić information content (AvgIpc) is 2.04. The van der Waals surface area contributed by atoms with Gasteiger partial charge in [0.15, 0.2) is 0 Å². The molecule has 0 unspecified atom stereocenters. The van der Waals surface area contributed by atoms with Gasteiger partial charge in [0, 0.05) is 6.20 Å². The molecule has 0 saturated carbocycles. The molecule has 11 heavy (non-hydrogen) atoms. The first-order valence-corrected chi connectivity index (χ1v) is 2.96. The quantitative estimate of drug-likeness (QED) is 0.584. The summed E-state index contributed by atoms with van der Waals surface area (Å²) in [6, 6.07) is 1.48. The number of carbonyl (C=O) groups is 1. The number of carbonyl (C=O) groups excluding carboxylic acids is 1. The Kier molecular flexibility index (Phi) is 2.06. The molecule has 4 nitrogen and oxygen atoms in total. The Balaban J connectivity index is 3.03. The zero-order valence-corrected chi connectivity index (χ0v) is 6.00. The third-order valence-corrected chi connectivity index (χ3v) is 1.20. The Labute approximate surface area is 64.0 Å². The van der Waals surface area contributed by atoms with Crippen LogP contribution < -0.4 is 5.73 Å². The predicted molar refractivity (Wildman–Crippen MR) is 38.8 cm³/mol. The van der Waals surface area contributed by atoms with E-state index in [9.17, 15) is 4.79 Å². The van der Waals surface area contributed by atoms with Gasteiger partial charge in [-0.1, -0.05) is 0 Å². The number of esters is 1. The van der Waals surface area contributed by atoms with Gasteiger partial charge in [-0.2, -0.15) is 0 Å². The number of aromatic nitrogens is 1. The van der Waals surface area contributed by atoms with E-state index in [2.05, 4.69) is 15.9 Å². The molecule has 57 valence electrons. The molecule has 4 heteroatoms. The van der Waals surface area contributed by atoms with E-state index >= 15 is 0 Å². The minimum absolute atomic E-state index is 0.208. The fourth-order valence-electron chi connectivity index (χ4n) is 0.657. The summed E-state index contributed by atoms with van der Waals surface area (Å²) in [6.45, 7) is 0. The summed E-state index contributed by atoms with van der Waals surface area (Å²) in [5.74, 6) is -0.471. The van der Waals surface area contributed by atoms with Crippen LogP contribution in [0.5, 0.6) is 0 Å². The van der Waals surface area contributed by atoms with Gasteiger partial charge in [-0.3, -0.25) is 4.98 Å². The van der Waals surface area contributed by atoms with Crippen LogP contribution in [0.4, 0.5) is 5.69 Å². The molecule has 0 atom stereocenters. The van der Waals surface area contributed by atoms with E-state index in [1.54, 1.807) is 0 Å². The molecule has 0 aromatic carbocycles. The number of nitrogens with two attached hydrogens (primary N) is 1. The molecular weight excluding hydrogens is 144 g/mol. The molecule has 2 N–H and O–H groups in total. The number of anilines is 1. The molecule has 0 amide bonds. The number of rotatable bonds is 1. The maximum absolute atomic E-state index is 10.9. The van der Waals surface area contributed by atoms with E-state index in [1.807, 2.05) is 0 Å². The Hall–Kier alpha value is -1.58. The second-order valence-electron chi connectivity index (χ2n) is 1.88. The molecule has 0 aliphatic rings. The number of nitrogen functional groups attached to an aromatic ring is 1. The first kappa shape index (κ1) is 7.53. The van der Waals surface area contributed by atoms with Gasteiger partial charge in [-0.15, -0.1) is 0 Å². The summed E-state index contributed by atoms with van der Waals surface area (Å²) in [4.78, 5) is 14.5. The van der Waals surface area contributed by atoms with Gasteiger partial charge in [-0.05, 0) is 6.07 Å². The largest absolute Gasteiger partial charge is 0.465 e. The van der Waals surface area contributed by atoms with Gasteiger partial charge < -0.3 is 10.5 Å². The Morgan fingerprint density at radius 1 is 1.82 bits per heavy atom. The van der Waals surface area contributed by atoms with Crippen molar-refractivity contribution in [3.05, 3.63) is 24.0 Å². The normalized spacial score (nSPS) is 9.18. The average molecular weight is 151 g/mol. The van der Waals surface area contributed by atoms with Crippen LogP contribution in [0, 0.1) is 6.20 Å². The Morgan fingerprint density at radius 2 is 2.55 bits per heavy atom. The fraction of sp³-hybridized carbons (Fsp3) is 0.143. The molecule has 0 saturated heterocycles. The number of hydrogen-bond donors (Lipinski definition) is 1. The van der Waals surface area contributed by atoms with Crippen molar-refractivity contribution in [2.24, 2.45) is 0 Å². The van der Waals surface area contributed by atoms with E-state index in [1.165, 1.54) is 19.4 Å². The molecule has 0 fully saturated rings. The van der Waals surface area contributed by atoms with Crippen molar-refractivity contribution in [2.75, 3.05) is 12.8 Å². The van der Waals surface area contributed by atoms with Crippen molar-refractivity contribution >= 4 is 11.7 Å². The highest BCUT2D eigenvalue weighted by Gasteiger charge is 2.07. The van der Waals surface area contributed by atoms with Crippen molar-refractivity contribution < 1.29 is 9.53 Å². The topological polar surface area (TPSA) is 65.2 Å². The van der Waals surface area contributed by atoms with Crippen LogP contribution in [-0.2, 0) is 4.74 Å². The molecule has 1 aromatic rings. The molecular formula is C7H7N2O2. The first-order valence-electron chi connectivity index (χ1n) is 2.96. The molecule has 1 heterocycles. The molecule has 0 aliphatic heterocycles. The summed E-state index contributed by atoms with van der Waals surface area (Å²) in [5, 5.41) is 0. The third kappa shape index (κ3) is 1.46. The maximum Gasteiger partial charge on any atom is 0.340 e. The fourth-order valence-corrected chi connectivity index (χ4v) is 0.657. The lowest BCUT2D eigenvalue weighted by Gasteiger charge is -1.99. The second kappa shape index (κ2) is 3.01. The Morgan fingerprint density at radius 3 is 3.09 bits per heavy atom. The van der Waals surface area contributed by atoms with E-state index in [0.29, 0.717) is 5.56 Å². The smallest absolute Gasteiger partial charge is 0.340 e. The zero-order valence-electron chi connectivity index (χ0n) is 6.00. The van der Waals surface area contributed by atoms with Crippen molar-refractivity contribution in [3.8, 4) is 0 Å². The second-order valence-corrected chi connectivity index (χ2v) is 1.88. The van der Waals surface area contributed by atoms with Crippen molar-refractivity contribution in [3.63, 3.8) is 0 Å². The molecule has 0 aliphatic carbocycles. The summed E-state index contributed by atoms with van der Waals surface area (Å²) in [6.07, 6.45) is 3.88. The highest BCUT2D eigenvalue weighted by atomic mass is 16.5. The van der Waals surface area contributed by atoms with Crippen LogP contribution in [0.2, 0.25) is 0 Å². The summed E-state index contributed by atoms with van der Waals surface area (Å²) in [7, 11) is 1.29. The molecule has 0 spiro atoms. The van der Waals surface area contributed by atoms with Gasteiger partial charge in [0.25, 0.3) is 0 Å². The lowest BCUT2D eigenvalue weighted by Crippen LogP contribution is -2.05. The van der Waals surface area contributed by atoms with E-state index in [-0.39, 0.29) is 5.69 Å². The van der Waals surface area contributed by atoms with Gasteiger partial charge in [0.05, 0.1) is 18.4 Å². The summed E-state index contributed by atoms with van der Waals surface area (Å²) >= 11 is 0. The van der Waals surface area contributed by atoms with Crippen LogP contribution in [0.3, 0.4) is 0 Å². The number of hydrogen-bond acceptors (Lipinski definition) is 4. The molecule has 1 aromatic heterocycles. The number of pyridine rings is 1. The third-order valence-electron chi connectivity index (χ3n) is 1.20. The molecule has 1 radical (unpaired) electrons. The van der Waals surface area contributed by atoms with Gasteiger partial charge >= 0.3 is 5.97 Å². The van der Waals surface area contributed by atoms with Crippen LogP contribution in [-0.4, -0.2) is 18.1 Å². The summed E-state index contributed by atoms with van der Waals surface area (Å²) in [5.41, 5.74) is 5.88. The number of nitrogens with zero attached hydrogens (tertiary/aromatic N) is 1. The van der Waals surface area contributed by atoms with Crippen molar-refractivity contribution in [2.45, 2.75) is 0 Å². The highest BCUT2D eigenvalue weighted by molar-refractivity contribution is 5.94. The van der Waals surface area contributed by atoms with Crippen LogP contribution in [0.25, 0.3) is 0 Å². The van der Waals surface area contributed by atoms with Gasteiger partial charge in [0.2, 0.25) is 0 Å². The summed E-state index contributed by atoms with van der Waals surface area (Å²) < 4.78 is 4.45. The monoisotopic (exact) mass is 151 g/mol. The van der Waals surface area contributed by atoms with E-state index in [0.717, 1.165) is 0 Å². The SMILES string of the molecule is COC(=O)c1ccn[c]c1N. The zero-order chi connectivity index (χ0) is 8.27. The maximum atomic E-state index is 10.9. The van der Waals surface area contributed by atoms with E-state index < -0.39 is 5.97 Å². The lowest BCUT2D eigenvalue weighted by atomic mass is 10.2. The first-order chi connectivity index (χ1) is 5.25. The van der Waals surface area contributed by atoms with Gasteiger partial charge in [-0.25, -0.2) is 4.79 Å². The number of ether oxygens (including phenoxy) is 1. The Bertz CT molecular complexity index is 273. The number of methoxy groups -OCH3 is 1. The molecule has 0 bridgehead atoms. The van der Waals surface area contributed by atoms with Crippen LogP contribution in [0.1, 0.15) is 10.4 Å². The highest BCUT2D eigenvalue weighted by Crippen LogP contribution is 2.08. The minimum Gasteiger partial charge on any atom is -0.465 e. The van der Waals surface area contributed by atoms with Crippen LogP contribution >= 0.6 is 0 Å². The van der Waals surface area contributed by atoms with Gasteiger partial charge in [0.1, 0.15) is 6.20 Å². The van der Waals surface area contributed by atoms with Crippen LogP contribution in [0.15, 0.2) is 12.3 Å². The van der Waals surface area contributed by atoms with Crippen molar-refractivity contribution in [1.82, 2.24) is 4.98 Å². The predicted octanol–water partition coefficient (Wildman–Crippen LogP) is 0.251. The van der Waals surface area contributed by atoms with E-state index in [4.69, 9.17) is 5.73 Å². The van der Waals surface area contributed by atoms with Crippen molar-refractivity contribution in [1.29, 1.82) is 0 Å². The molecule has 1 rings (SSSR count). The minimum atomic E-state index is -0.471. The lowest BCUT2D eigenvalue weighted by molar-refractivity contribution is 0.0602. The standard InChI is InChI=1S/C7H7N2O2/c1-11-7(10)5-2-3-9-4-6(5)8/h2-3H,8H2,1H3.